The average molecular weight is 463 g/mol. The van der Waals surface area contributed by atoms with Gasteiger partial charge in [-0.15, -0.1) is 0 Å². The molecule has 1 atom stereocenters. The van der Waals surface area contributed by atoms with E-state index in [1.807, 2.05) is 0 Å². The smallest absolute Gasteiger partial charge is 0.407 e. The highest BCUT2D eigenvalue weighted by Crippen LogP contribution is 2.30. The van der Waals surface area contributed by atoms with Gasteiger partial charge in [-0.2, -0.15) is 0 Å². The van der Waals surface area contributed by atoms with Crippen LogP contribution in [0, 0.1) is 11.7 Å². The lowest BCUT2D eigenvalue weighted by molar-refractivity contribution is -0.124. The van der Waals surface area contributed by atoms with Gasteiger partial charge in [0.1, 0.15) is 16.2 Å². The quantitative estimate of drug-likeness (QED) is 0.510. The van der Waals surface area contributed by atoms with Crippen molar-refractivity contribution in [3.05, 3.63) is 64.1 Å². The zero-order chi connectivity index (χ0) is 21.0. The van der Waals surface area contributed by atoms with Gasteiger partial charge in [-0.25, -0.2) is 14.2 Å². The van der Waals surface area contributed by atoms with Gasteiger partial charge >= 0.3 is 6.09 Å². The molecule has 0 radical (unpaired) electrons. The van der Waals surface area contributed by atoms with Crippen molar-refractivity contribution in [3.8, 4) is 0 Å². The molecule has 0 aliphatic carbocycles. The predicted octanol–water partition coefficient (Wildman–Crippen LogP) is 4.30. The molecule has 8 heteroatoms. The number of hydrogen-bond donors (Lipinski definition) is 1. The molecule has 0 spiro atoms. The maximum absolute atomic E-state index is 13.2. The number of nitrogens with zero attached hydrogens (tertiary/aromatic N) is 2. The molecule has 1 aromatic carbocycles. The minimum Gasteiger partial charge on any atom is -0.465 e. The molecule has 29 heavy (non-hydrogen) atoms. The minimum atomic E-state index is -0.984. The molecule has 0 bridgehead atoms. The molecule has 1 aliphatic rings. The summed E-state index contributed by atoms with van der Waals surface area (Å²) in [6.45, 7) is 0.617. The first-order valence-electron chi connectivity index (χ1n) is 9.27. The van der Waals surface area contributed by atoms with E-state index in [9.17, 15) is 18.8 Å². The molecule has 1 saturated heterocycles. The number of halogens is 2. The number of piperidine rings is 1. The summed E-state index contributed by atoms with van der Waals surface area (Å²) >= 11 is 3.29. The second-order valence-electron chi connectivity index (χ2n) is 7.05. The third-order valence-corrected chi connectivity index (χ3v) is 5.66. The zero-order valence-corrected chi connectivity index (χ0v) is 17.1. The lowest BCUT2D eigenvalue weighted by Gasteiger charge is -2.30. The molecule has 1 N–H and O–H groups in total. The number of carbonyl (C=O) groups excluding carboxylic acids is 2. The summed E-state index contributed by atoms with van der Waals surface area (Å²) in [7, 11) is 0. The zero-order valence-electron chi connectivity index (χ0n) is 15.6. The number of ketones is 2. The average Bonchev–Trinajstić information content (AvgIpc) is 2.72. The van der Waals surface area contributed by atoms with E-state index in [1.54, 1.807) is 18.3 Å². The topological polar surface area (TPSA) is 87.6 Å². The maximum atomic E-state index is 13.2. The van der Waals surface area contributed by atoms with Crippen molar-refractivity contribution in [3.63, 3.8) is 0 Å². The number of carbonyl (C=O) groups is 3. The first-order chi connectivity index (χ1) is 13.8. The largest absolute Gasteiger partial charge is 0.465 e. The molecule has 6 nitrogen and oxygen atoms in total. The Hall–Kier alpha value is -2.61. The van der Waals surface area contributed by atoms with Crippen LogP contribution in [0.2, 0.25) is 0 Å². The van der Waals surface area contributed by atoms with Gasteiger partial charge in [-0.1, -0.05) is 0 Å². The Labute approximate surface area is 175 Å². The van der Waals surface area contributed by atoms with Gasteiger partial charge in [-0.3, -0.25) is 9.59 Å². The van der Waals surface area contributed by atoms with Crippen LogP contribution in [0.1, 0.15) is 41.1 Å². The Morgan fingerprint density at radius 1 is 1.17 bits per heavy atom. The van der Waals surface area contributed by atoms with E-state index in [1.165, 1.54) is 29.2 Å². The van der Waals surface area contributed by atoms with E-state index in [0.717, 1.165) is 0 Å². The lowest BCUT2D eigenvalue weighted by atomic mass is 9.82. The summed E-state index contributed by atoms with van der Waals surface area (Å²) in [6.07, 6.45) is 1.47. The van der Waals surface area contributed by atoms with Crippen molar-refractivity contribution in [2.24, 2.45) is 5.92 Å². The molecule has 1 fully saturated rings. The highest BCUT2D eigenvalue weighted by Gasteiger charge is 2.31. The highest BCUT2D eigenvalue weighted by molar-refractivity contribution is 9.10. The van der Waals surface area contributed by atoms with Crippen LogP contribution in [0.4, 0.5) is 9.18 Å². The van der Waals surface area contributed by atoms with Crippen molar-refractivity contribution >= 4 is 33.6 Å². The number of likely N-dealkylation sites (tertiary alicyclic amines) is 1. The van der Waals surface area contributed by atoms with Crippen LogP contribution in [0.25, 0.3) is 0 Å². The number of Topliss-reactive ketones (excluding diaryl/α,β-unsaturated/α-hetero) is 2. The number of rotatable bonds is 6. The second kappa shape index (κ2) is 9.26. The number of amides is 1. The van der Waals surface area contributed by atoms with E-state index >= 15 is 0 Å². The van der Waals surface area contributed by atoms with Crippen LogP contribution in [0.15, 0.2) is 47.2 Å². The van der Waals surface area contributed by atoms with Crippen molar-refractivity contribution in [1.82, 2.24) is 9.88 Å². The van der Waals surface area contributed by atoms with Gasteiger partial charge in [-0.05, 0) is 70.7 Å². The molecule has 0 saturated carbocycles. The number of aromatic nitrogens is 1. The van der Waals surface area contributed by atoms with E-state index in [4.69, 9.17) is 5.11 Å². The maximum Gasteiger partial charge on any atom is 0.407 e. The van der Waals surface area contributed by atoms with Gasteiger partial charge in [0.15, 0.2) is 5.78 Å². The van der Waals surface area contributed by atoms with E-state index < -0.39 is 17.8 Å². The van der Waals surface area contributed by atoms with Gasteiger partial charge in [0.2, 0.25) is 0 Å². The number of pyridine rings is 1. The molecule has 2 heterocycles. The van der Waals surface area contributed by atoms with Crippen LogP contribution < -0.4 is 0 Å². The van der Waals surface area contributed by atoms with E-state index in [2.05, 4.69) is 20.9 Å². The number of carboxylic acid groups (broad SMARTS) is 1. The summed E-state index contributed by atoms with van der Waals surface area (Å²) in [5, 5.41) is 9.06. The van der Waals surface area contributed by atoms with Crippen LogP contribution >= 0.6 is 15.9 Å². The van der Waals surface area contributed by atoms with Crippen LogP contribution in [-0.4, -0.2) is 45.7 Å². The van der Waals surface area contributed by atoms with E-state index in [0.29, 0.717) is 41.7 Å². The molecule has 2 aromatic rings. The van der Waals surface area contributed by atoms with Crippen LogP contribution in [0.3, 0.4) is 0 Å². The van der Waals surface area contributed by atoms with Crippen LogP contribution in [0.5, 0.6) is 0 Å². The third-order valence-electron chi connectivity index (χ3n) is 5.22. The van der Waals surface area contributed by atoms with Crippen molar-refractivity contribution in [1.29, 1.82) is 0 Å². The Kier molecular flexibility index (Phi) is 6.74. The summed E-state index contributed by atoms with van der Waals surface area (Å²) < 4.78 is 13.8. The molecular formula is C21H20BrFN2O4. The molecule has 1 unspecified atom stereocenters. The first kappa shape index (κ1) is 21.1. The molecular weight excluding hydrogens is 443 g/mol. The monoisotopic (exact) mass is 462 g/mol. The van der Waals surface area contributed by atoms with Crippen LogP contribution in [-0.2, 0) is 4.79 Å². The predicted molar refractivity (Wildman–Crippen MR) is 107 cm³/mol. The Morgan fingerprint density at radius 2 is 1.83 bits per heavy atom. The molecule has 3 rings (SSSR count). The van der Waals surface area contributed by atoms with Crippen molar-refractivity contribution < 1.29 is 23.9 Å². The van der Waals surface area contributed by atoms with Gasteiger partial charge in [0, 0.05) is 37.2 Å². The fraction of sp³-hybridized carbons (Fsp3) is 0.333. The van der Waals surface area contributed by atoms with Gasteiger partial charge in [0.05, 0.1) is 5.92 Å². The van der Waals surface area contributed by atoms with Crippen molar-refractivity contribution in [2.75, 3.05) is 13.1 Å². The summed E-state index contributed by atoms with van der Waals surface area (Å²) in [4.78, 5) is 42.5. The molecule has 152 valence electrons. The lowest BCUT2D eigenvalue weighted by Crippen LogP contribution is -2.39. The number of hydrogen-bond acceptors (Lipinski definition) is 4. The third kappa shape index (κ3) is 5.26. The minimum absolute atomic E-state index is 0.00437. The first-order valence-corrected chi connectivity index (χ1v) is 10.1. The molecule has 1 aliphatic heterocycles. The Bertz CT molecular complexity index is 911. The van der Waals surface area contributed by atoms with Gasteiger partial charge in [0.25, 0.3) is 0 Å². The summed E-state index contributed by atoms with van der Waals surface area (Å²) in [5.41, 5.74) is 0.982. The molecule has 1 aromatic heterocycles. The summed E-state index contributed by atoms with van der Waals surface area (Å²) in [5.74, 6) is -1.77. The highest BCUT2D eigenvalue weighted by atomic mass is 79.9. The van der Waals surface area contributed by atoms with Gasteiger partial charge < -0.3 is 10.0 Å². The standard InChI is InChI=1S/C21H20BrFN2O4/c22-19-11-15(5-8-24-19)17(20(27)14-1-3-16(23)4-2-14)12-18(26)13-6-9-25(10-7-13)21(28)29/h1-5,8,11,13,17H,6-7,9-10,12H2,(H,28,29). The summed E-state index contributed by atoms with van der Waals surface area (Å²) in [6, 6.07) is 8.66. The normalized spacial score (nSPS) is 15.7. The Balaban J connectivity index is 1.80. The second-order valence-corrected chi connectivity index (χ2v) is 7.86. The SMILES string of the molecule is O=C(CC(C(=O)c1ccc(F)cc1)c1ccnc(Br)c1)C1CCN(C(=O)O)CC1. The fourth-order valence-electron chi connectivity index (χ4n) is 3.57. The van der Waals surface area contributed by atoms with Crippen molar-refractivity contribution in [2.45, 2.75) is 25.2 Å². The van der Waals surface area contributed by atoms with E-state index in [-0.39, 0.29) is 23.9 Å². The molecule has 1 amide bonds. The fourth-order valence-corrected chi connectivity index (χ4v) is 3.95. The number of benzene rings is 1. The Morgan fingerprint density at radius 3 is 2.41 bits per heavy atom.